The SMILES string of the molecule is COc1cccc(-c2ccc(C(=O)N3Cc4ccc(C(=O)N(C)C5CCN(C)CC5)n4Cc4ccccc43)cc2C)c1. The molecule has 1 aromatic heterocycles. The Bertz CT molecular complexity index is 1630. The molecule has 0 radical (unpaired) electrons. The van der Waals surface area contributed by atoms with E-state index in [-0.39, 0.29) is 17.9 Å². The van der Waals surface area contributed by atoms with Gasteiger partial charge in [0.1, 0.15) is 11.4 Å². The van der Waals surface area contributed by atoms with Crippen LogP contribution in [0.4, 0.5) is 5.69 Å². The van der Waals surface area contributed by atoms with Crippen molar-refractivity contribution in [1.82, 2.24) is 14.4 Å². The molecule has 0 N–H and O–H groups in total. The molecule has 4 aromatic rings. The molecule has 1 saturated heterocycles. The van der Waals surface area contributed by atoms with E-state index in [4.69, 9.17) is 4.74 Å². The largest absolute Gasteiger partial charge is 0.497 e. The summed E-state index contributed by atoms with van der Waals surface area (Å²) in [4.78, 5) is 34.0. The van der Waals surface area contributed by atoms with Gasteiger partial charge in [-0.1, -0.05) is 36.4 Å². The van der Waals surface area contributed by atoms with E-state index in [1.807, 2.05) is 90.5 Å². The lowest BCUT2D eigenvalue weighted by molar-refractivity contribution is 0.0649. The van der Waals surface area contributed by atoms with E-state index < -0.39 is 0 Å². The standard InChI is InChI=1S/C35H38N4O3/c1-24-20-26(12-14-31(24)25-9-7-10-30(21-25)42-4)34(40)39-23-29-13-15-33(38(29)22-27-8-5-6-11-32(27)39)35(41)37(3)28-16-18-36(2)19-17-28/h5-15,20-21,28H,16-19,22-23H2,1-4H3. The van der Waals surface area contributed by atoms with Crippen molar-refractivity contribution in [1.29, 1.82) is 0 Å². The molecule has 0 spiro atoms. The Balaban J connectivity index is 1.30. The third-order valence-electron chi connectivity index (χ3n) is 8.88. The van der Waals surface area contributed by atoms with Crippen LogP contribution in [-0.4, -0.2) is 66.5 Å². The number of nitrogens with zero attached hydrogens (tertiary/aromatic N) is 4. The van der Waals surface area contributed by atoms with E-state index in [1.165, 1.54) is 0 Å². The molecule has 0 aliphatic carbocycles. The van der Waals surface area contributed by atoms with Crippen LogP contribution >= 0.6 is 0 Å². The minimum Gasteiger partial charge on any atom is -0.497 e. The number of ether oxygens (including phenoxy) is 1. The fourth-order valence-electron chi connectivity index (χ4n) is 6.32. The van der Waals surface area contributed by atoms with Crippen LogP contribution in [0.15, 0.2) is 78.9 Å². The highest BCUT2D eigenvalue weighted by atomic mass is 16.5. The molecule has 0 atom stereocenters. The second-order valence-electron chi connectivity index (χ2n) is 11.5. The number of aryl methyl sites for hydroxylation is 1. The number of amides is 2. The predicted octanol–water partition coefficient (Wildman–Crippen LogP) is 5.85. The lowest BCUT2D eigenvalue weighted by Crippen LogP contribution is -2.45. The topological polar surface area (TPSA) is 58.0 Å². The Morgan fingerprint density at radius 1 is 0.905 bits per heavy atom. The first-order valence-corrected chi connectivity index (χ1v) is 14.6. The normalized spacial score (nSPS) is 15.5. The van der Waals surface area contributed by atoms with E-state index in [9.17, 15) is 9.59 Å². The Morgan fingerprint density at radius 2 is 1.69 bits per heavy atom. The van der Waals surface area contributed by atoms with Gasteiger partial charge in [-0.05, 0) is 105 Å². The van der Waals surface area contributed by atoms with Crippen LogP contribution in [0.5, 0.6) is 5.75 Å². The van der Waals surface area contributed by atoms with Gasteiger partial charge in [-0.15, -0.1) is 0 Å². The van der Waals surface area contributed by atoms with Gasteiger partial charge in [0.05, 0.1) is 20.2 Å². The molecule has 2 aliphatic rings. The quantitative estimate of drug-likeness (QED) is 0.306. The monoisotopic (exact) mass is 562 g/mol. The number of anilines is 1. The zero-order chi connectivity index (χ0) is 29.4. The van der Waals surface area contributed by atoms with Gasteiger partial charge in [0, 0.05) is 30.0 Å². The van der Waals surface area contributed by atoms with Crippen LogP contribution in [0.1, 0.15) is 50.5 Å². The van der Waals surface area contributed by atoms with E-state index >= 15 is 0 Å². The van der Waals surface area contributed by atoms with Crippen molar-refractivity contribution in [3.05, 3.63) is 107 Å². The van der Waals surface area contributed by atoms with Crippen LogP contribution in [-0.2, 0) is 13.1 Å². The molecular weight excluding hydrogens is 524 g/mol. The molecular formula is C35H38N4O3. The van der Waals surface area contributed by atoms with Crippen molar-refractivity contribution in [2.75, 3.05) is 39.2 Å². The van der Waals surface area contributed by atoms with Crippen molar-refractivity contribution in [2.45, 2.75) is 38.9 Å². The molecule has 3 heterocycles. The Morgan fingerprint density at radius 3 is 2.45 bits per heavy atom. The predicted molar refractivity (Wildman–Crippen MR) is 166 cm³/mol. The maximum Gasteiger partial charge on any atom is 0.270 e. The molecule has 1 fully saturated rings. The molecule has 0 saturated carbocycles. The van der Waals surface area contributed by atoms with Gasteiger partial charge < -0.3 is 24.0 Å². The molecule has 7 nitrogen and oxygen atoms in total. The van der Waals surface area contributed by atoms with Gasteiger partial charge >= 0.3 is 0 Å². The van der Waals surface area contributed by atoms with Gasteiger partial charge in [-0.3, -0.25) is 9.59 Å². The molecule has 216 valence electrons. The van der Waals surface area contributed by atoms with Crippen LogP contribution in [0.3, 0.4) is 0 Å². The van der Waals surface area contributed by atoms with Gasteiger partial charge in [0.15, 0.2) is 0 Å². The maximum atomic E-state index is 14.1. The van der Waals surface area contributed by atoms with Gasteiger partial charge in [-0.2, -0.15) is 0 Å². The van der Waals surface area contributed by atoms with Crippen LogP contribution in [0, 0.1) is 6.92 Å². The summed E-state index contributed by atoms with van der Waals surface area (Å²) in [7, 11) is 5.72. The van der Waals surface area contributed by atoms with Gasteiger partial charge in [0.2, 0.25) is 0 Å². The van der Waals surface area contributed by atoms with Gasteiger partial charge in [-0.25, -0.2) is 0 Å². The average molecular weight is 563 g/mol. The Kier molecular flexibility index (Phi) is 7.60. The molecule has 2 aliphatic heterocycles. The van der Waals surface area contributed by atoms with Crippen LogP contribution in [0.25, 0.3) is 11.1 Å². The fraction of sp³-hybridized carbons (Fsp3) is 0.314. The average Bonchev–Trinajstić information content (AvgIpc) is 3.33. The number of methoxy groups -OCH3 is 1. The molecule has 0 unspecified atom stereocenters. The number of carbonyl (C=O) groups excluding carboxylic acids is 2. The van der Waals surface area contributed by atoms with Crippen molar-refractivity contribution in [2.24, 2.45) is 0 Å². The number of aromatic nitrogens is 1. The third-order valence-corrected chi connectivity index (χ3v) is 8.88. The number of benzene rings is 3. The zero-order valence-corrected chi connectivity index (χ0v) is 24.8. The number of rotatable bonds is 5. The smallest absolute Gasteiger partial charge is 0.270 e. The summed E-state index contributed by atoms with van der Waals surface area (Å²) in [6.07, 6.45) is 1.96. The zero-order valence-electron chi connectivity index (χ0n) is 24.8. The van der Waals surface area contributed by atoms with E-state index in [0.29, 0.717) is 24.3 Å². The molecule has 6 rings (SSSR count). The summed E-state index contributed by atoms with van der Waals surface area (Å²) in [5, 5.41) is 0. The molecule has 0 bridgehead atoms. The number of hydrogen-bond donors (Lipinski definition) is 0. The first-order chi connectivity index (χ1) is 20.3. The summed E-state index contributed by atoms with van der Waals surface area (Å²) >= 11 is 0. The summed E-state index contributed by atoms with van der Waals surface area (Å²) in [5.74, 6) is 0.775. The van der Waals surface area contributed by atoms with Crippen molar-refractivity contribution in [3.63, 3.8) is 0 Å². The molecule has 3 aromatic carbocycles. The lowest BCUT2D eigenvalue weighted by atomic mass is 9.97. The molecule has 7 heteroatoms. The summed E-state index contributed by atoms with van der Waals surface area (Å²) in [6.45, 7) is 4.96. The number of carbonyl (C=O) groups is 2. The van der Waals surface area contributed by atoms with E-state index in [2.05, 4.69) is 28.6 Å². The van der Waals surface area contributed by atoms with Crippen molar-refractivity contribution < 1.29 is 14.3 Å². The lowest BCUT2D eigenvalue weighted by Gasteiger charge is -2.35. The Labute approximate surface area is 247 Å². The summed E-state index contributed by atoms with van der Waals surface area (Å²) < 4.78 is 7.50. The fourth-order valence-corrected chi connectivity index (χ4v) is 6.32. The molecule has 42 heavy (non-hydrogen) atoms. The van der Waals surface area contributed by atoms with Gasteiger partial charge in [0.25, 0.3) is 11.8 Å². The number of piperidine rings is 1. The molecule has 2 amide bonds. The number of hydrogen-bond acceptors (Lipinski definition) is 4. The van der Waals surface area contributed by atoms with Crippen LogP contribution in [0.2, 0.25) is 0 Å². The number of likely N-dealkylation sites (tertiary alicyclic amines) is 1. The number of para-hydroxylation sites is 1. The first kappa shape index (κ1) is 27.8. The van der Waals surface area contributed by atoms with Crippen molar-refractivity contribution >= 4 is 17.5 Å². The van der Waals surface area contributed by atoms with Crippen molar-refractivity contribution in [3.8, 4) is 16.9 Å². The first-order valence-electron chi connectivity index (χ1n) is 14.6. The second-order valence-corrected chi connectivity index (χ2v) is 11.5. The second kappa shape index (κ2) is 11.5. The minimum atomic E-state index is -0.0614. The summed E-state index contributed by atoms with van der Waals surface area (Å²) in [6, 6.07) is 26.0. The highest BCUT2D eigenvalue weighted by Crippen LogP contribution is 2.33. The third kappa shape index (κ3) is 5.21. The Hall–Kier alpha value is -4.36. The number of fused-ring (bicyclic) bond motifs is 2. The minimum absolute atomic E-state index is 0.0387. The van der Waals surface area contributed by atoms with E-state index in [1.54, 1.807) is 7.11 Å². The highest BCUT2D eigenvalue weighted by molar-refractivity contribution is 6.07. The van der Waals surface area contributed by atoms with Crippen LogP contribution < -0.4 is 9.64 Å². The highest BCUT2D eigenvalue weighted by Gasteiger charge is 2.30. The maximum absolute atomic E-state index is 14.1. The summed E-state index contributed by atoms with van der Waals surface area (Å²) in [5.41, 5.74) is 7.28. The van der Waals surface area contributed by atoms with E-state index in [0.717, 1.165) is 65.3 Å².